The lowest BCUT2D eigenvalue weighted by Crippen LogP contribution is -2.22. The van der Waals surface area contributed by atoms with Crippen LogP contribution in [0.5, 0.6) is 0 Å². The van der Waals surface area contributed by atoms with E-state index in [0.717, 1.165) is 39.7 Å². The zero-order valence-corrected chi connectivity index (χ0v) is 20.3. The number of pyridine rings is 1. The molecule has 0 saturated heterocycles. The van der Waals surface area contributed by atoms with Crippen molar-refractivity contribution in [1.29, 1.82) is 0 Å². The van der Waals surface area contributed by atoms with Gasteiger partial charge >= 0.3 is 0 Å². The Hall–Kier alpha value is -3.90. The molecule has 6 heteroatoms. The summed E-state index contributed by atoms with van der Waals surface area (Å²) >= 11 is 1.68. The van der Waals surface area contributed by atoms with Crippen LogP contribution in [0.2, 0.25) is 0 Å². The zero-order chi connectivity index (χ0) is 24.0. The smallest absolute Gasteiger partial charge is 0.251 e. The van der Waals surface area contributed by atoms with Crippen molar-refractivity contribution >= 4 is 28.8 Å². The van der Waals surface area contributed by atoms with E-state index in [1.54, 1.807) is 11.8 Å². The zero-order valence-electron chi connectivity index (χ0n) is 19.5. The van der Waals surface area contributed by atoms with Crippen LogP contribution in [0.3, 0.4) is 0 Å². The first-order chi connectivity index (χ1) is 17.2. The van der Waals surface area contributed by atoms with Crippen LogP contribution in [0, 0.1) is 6.92 Å². The number of hydrogen-bond acceptors (Lipinski definition) is 4. The molecule has 0 aliphatic carbocycles. The minimum atomic E-state index is -0.0704. The Balaban J connectivity index is 1.27. The molecule has 35 heavy (non-hydrogen) atoms. The summed E-state index contributed by atoms with van der Waals surface area (Å²) in [7, 11) is 0. The molecule has 0 unspecified atom stereocenters. The van der Waals surface area contributed by atoms with Gasteiger partial charge in [-0.3, -0.25) is 9.36 Å². The second-order valence-corrected chi connectivity index (χ2v) is 9.41. The summed E-state index contributed by atoms with van der Waals surface area (Å²) in [5.41, 5.74) is 7.12. The quantitative estimate of drug-likeness (QED) is 0.278. The van der Waals surface area contributed by atoms with E-state index < -0.39 is 0 Å². The first-order valence-corrected chi connectivity index (χ1v) is 12.5. The Morgan fingerprint density at radius 1 is 0.857 bits per heavy atom. The second-order valence-electron chi connectivity index (χ2n) is 8.47. The van der Waals surface area contributed by atoms with Gasteiger partial charge in [0.25, 0.3) is 5.91 Å². The molecular formula is C29H26N4OS. The summed E-state index contributed by atoms with van der Waals surface area (Å²) < 4.78 is 2.18. The highest BCUT2D eigenvalue weighted by Gasteiger charge is 2.13. The van der Waals surface area contributed by atoms with E-state index in [4.69, 9.17) is 4.98 Å². The lowest BCUT2D eigenvalue weighted by molar-refractivity contribution is 0.0951. The number of imidazole rings is 1. The largest absolute Gasteiger partial charge is 0.348 e. The summed E-state index contributed by atoms with van der Waals surface area (Å²) in [4.78, 5) is 21.9. The van der Waals surface area contributed by atoms with Gasteiger partial charge in [0.05, 0.1) is 6.54 Å². The van der Waals surface area contributed by atoms with Crippen molar-refractivity contribution in [2.75, 3.05) is 0 Å². The molecule has 3 aromatic carbocycles. The molecule has 0 aliphatic rings. The van der Waals surface area contributed by atoms with Gasteiger partial charge in [-0.05, 0) is 47.9 Å². The SMILES string of the molecule is Cc1ccc(Cn2c(SCc3ccc(C(=O)NCc4ccccc4)cc3)nc3cccnc32)cc1. The lowest BCUT2D eigenvalue weighted by Gasteiger charge is -2.09. The Morgan fingerprint density at radius 2 is 1.60 bits per heavy atom. The first-order valence-electron chi connectivity index (χ1n) is 11.6. The molecule has 2 aromatic heterocycles. The average Bonchev–Trinajstić information content (AvgIpc) is 3.25. The molecule has 2 heterocycles. The Labute approximate surface area is 209 Å². The van der Waals surface area contributed by atoms with Crippen molar-refractivity contribution in [3.63, 3.8) is 0 Å². The molecule has 0 atom stereocenters. The highest BCUT2D eigenvalue weighted by Crippen LogP contribution is 2.27. The van der Waals surface area contributed by atoms with Crippen LogP contribution in [-0.2, 0) is 18.8 Å². The fourth-order valence-electron chi connectivity index (χ4n) is 3.85. The fraction of sp³-hybridized carbons (Fsp3) is 0.138. The van der Waals surface area contributed by atoms with Crippen molar-refractivity contribution < 1.29 is 4.79 Å². The minimum Gasteiger partial charge on any atom is -0.348 e. The van der Waals surface area contributed by atoms with Gasteiger partial charge in [-0.2, -0.15) is 0 Å². The Morgan fingerprint density at radius 3 is 2.37 bits per heavy atom. The topological polar surface area (TPSA) is 59.8 Å². The minimum absolute atomic E-state index is 0.0704. The summed E-state index contributed by atoms with van der Waals surface area (Å²) in [6.45, 7) is 3.33. The van der Waals surface area contributed by atoms with E-state index >= 15 is 0 Å². The van der Waals surface area contributed by atoms with Crippen LogP contribution in [0.25, 0.3) is 11.2 Å². The lowest BCUT2D eigenvalue weighted by atomic mass is 10.1. The molecule has 1 amide bonds. The molecule has 5 nitrogen and oxygen atoms in total. The van der Waals surface area contributed by atoms with E-state index in [2.05, 4.69) is 46.1 Å². The number of nitrogens with zero attached hydrogens (tertiary/aromatic N) is 3. The van der Waals surface area contributed by atoms with E-state index in [1.165, 1.54) is 11.1 Å². The predicted octanol–water partition coefficient (Wildman–Crippen LogP) is 6.01. The number of carbonyl (C=O) groups excluding carboxylic acids is 1. The van der Waals surface area contributed by atoms with E-state index in [-0.39, 0.29) is 5.91 Å². The third-order valence-electron chi connectivity index (χ3n) is 5.81. The van der Waals surface area contributed by atoms with Crippen molar-refractivity contribution in [3.8, 4) is 0 Å². The van der Waals surface area contributed by atoms with Gasteiger partial charge in [0, 0.05) is 24.1 Å². The molecule has 0 bridgehead atoms. The Kier molecular flexibility index (Phi) is 6.91. The maximum absolute atomic E-state index is 12.5. The van der Waals surface area contributed by atoms with Crippen LogP contribution in [0.1, 0.15) is 32.6 Å². The summed E-state index contributed by atoms with van der Waals surface area (Å²) in [5, 5.41) is 3.91. The number of amides is 1. The van der Waals surface area contributed by atoms with Gasteiger partial charge in [-0.15, -0.1) is 0 Å². The predicted molar refractivity (Wildman–Crippen MR) is 141 cm³/mol. The maximum atomic E-state index is 12.5. The standard InChI is InChI=1S/C29H26N4OS/c1-21-9-11-23(12-10-21)19-33-27-26(8-5-17-30-27)32-29(33)35-20-24-13-15-25(16-14-24)28(34)31-18-22-6-3-2-4-7-22/h2-17H,18-20H2,1H3,(H,31,34). The van der Waals surface area contributed by atoms with Gasteiger partial charge in [0.1, 0.15) is 5.52 Å². The van der Waals surface area contributed by atoms with Crippen LogP contribution in [0.15, 0.2) is 102 Å². The number of thioether (sulfide) groups is 1. The van der Waals surface area contributed by atoms with Crippen LogP contribution in [-0.4, -0.2) is 20.4 Å². The van der Waals surface area contributed by atoms with Gasteiger partial charge in [-0.25, -0.2) is 9.97 Å². The molecule has 1 N–H and O–H groups in total. The van der Waals surface area contributed by atoms with E-state index in [1.807, 2.05) is 72.9 Å². The van der Waals surface area contributed by atoms with Crippen LogP contribution < -0.4 is 5.32 Å². The summed E-state index contributed by atoms with van der Waals surface area (Å²) in [6.07, 6.45) is 1.81. The molecular weight excluding hydrogens is 452 g/mol. The van der Waals surface area contributed by atoms with Crippen molar-refractivity contribution in [2.24, 2.45) is 0 Å². The van der Waals surface area contributed by atoms with Crippen molar-refractivity contribution in [1.82, 2.24) is 19.9 Å². The summed E-state index contributed by atoms with van der Waals surface area (Å²) in [5.74, 6) is 0.683. The monoisotopic (exact) mass is 478 g/mol. The van der Waals surface area contributed by atoms with Gasteiger partial charge < -0.3 is 5.32 Å². The normalized spacial score (nSPS) is 11.0. The van der Waals surface area contributed by atoms with Crippen LogP contribution >= 0.6 is 11.8 Å². The number of carbonyl (C=O) groups is 1. The number of hydrogen-bond donors (Lipinski definition) is 1. The number of nitrogens with one attached hydrogen (secondary N) is 1. The van der Waals surface area contributed by atoms with E-state index in [9.17, 15) is 4.79 Å². The highest BCUT2D eigenvalue weighted by atomic mass is 32.2. The second kappa shape index (κ2) is 10.6. The van der Waals surface area contributed by atoms with Gasteiger partial charge in [0.15, 0.2) is 10.8 Å². The molecule has 0 fully saturated rings. The molecule has 0 radical (unpaired) electrons. The number of aromatic nitrogens is 3. The van der Waals surface area contributed by atoms with Gasteiger partial charge in [0.2, 0.25) is 0 Å². The summed E-state index contributed by atoms with van der Waals surface area (Å²) in [6, 6.07) is 30.2. The van der Waals surface area contributed by atoms with Crippen LogP contribution in [0.4, 0.5) is 0 Å². The molecule has 0 aliphatic heterocycles. The van der Waals surface area contributed by atoms with Crippen molar-refractivity contribution in [3.05, 3.63) is 125 Å². The highest BCUT2D eigenvalue weighted by molar-refractivity contribution is 7.98. The maximum Gasteiger partial charge on any atom is 0.251 e. The Bertz CT molecular complexity index is 1430. The molecule has 0 spiro atoms. The van der Waals surface area contributed by atoms with Crippen molar-refractivity contribution in [2.45, 2.75) is 30.9 Å². The molecule has 5 aromatic rings. The van der Waals surface area contributed by atoms with E-state index in [0.29, 0.717) is 12.1 Å². The first kappa shape index (κ1) is 22.9. The number of rotatable bonds is 8. The molecule has 174 valence electrons. The average molecular weight is 479 g/mol. The number of benzene rings is 3. The number of aryl methyl sites for hydroxylation is 1. The molecule has 5 rings (SSSR count). The molecule has 0 saturated carbocycles. The third kappa shape index (κ3) is 5.61. The van der Waals surface area contributed by atoms with Gasteiger partial charge in [-0.1, -0.05) is 84.1 Å². The third-order valence-corrected chi connectivity index (χ3v) is 6.86. The number of fused-ring (bicyclic) bond motifs is 1. The fourth-order valence-corrected chi connectivity index (χ4v) is 4.80.